The van der Waals surface area contributed by atoms with Gasteiger partial charge in [-0.25, -0.2) is 8.42 Å². The van der Waals surface area contributed by atoms with Gasteiger partial charge in [-0.1, -0.05) is 23.2 Å². The molecule has 0 aliphatic rings. The Balaban J connectivity index is 3.57. The van der Waals surface area contributed by atoms with Gasteiger partial charge in [-0.3, -0.25) is 0 Å². The highest BCUT2D eigenvalue weighted by molar-refractivity contribution is 7.89. The molecular formula is C7H6Cl2NO2S. The summed E-state index contributed by atoms with van der Waals surface area (Å²) in [5.74, 6) is 0. The Morgan fingerprint density at radius 2 is 1.85 bits per heavy atom. The Labute approximate surface area is 86.5 Å². The second-order valence-electron chi connectivity index (χ2n) is 2.54. The maximum atomic E-state index is 10.9. The van der Waals surface area contributed by atoms with Gasteiger partial charge in [0.15, 0.2) is 0 Å². The van der Waals surface area contributed by atoms with Crippen LogP contribution in [-0.4, -0.2) is 8.42 Å². The van der Waals surface area contributed by atoms with Crippen molar-refractivity contribution in [1.82, 2.24) is 5.14 Å². The summed E-state index contributed by atoms with van der Waals surface area (Å²) in [5.41, 5.74) is 0.382. The van der Waals surface area contributed by atoms with Gasteiger partial charge in [0, 0.05) is 5.02 Å². The van der Waals surface area contributed by atoms with Crippen molar-refractivity contribution in [2.75, 3.05) is 0 Å². The van der Waals surface area contributed by atoms with E-state index in [0.717, 1.165) is 0 Å². The van der Waals surface area contributed by atoms with Gasteiger partial charge >= 0.3 is 0 Å². The molecule has 0 unspecified atom stereocenters. The van der Waals surface area contributed by atoms with Crippen molar-refractivity contribution in [3.63, 3.8) is 0 Å². The van der Waals surface area contributed by atoms with E-state index in [1.165, 1.54) is 12.1 Å². The highest BCUT2D eigenvalue weighted by atomic mass is 35.5. The van der Waals surface area contributed by atoms with Crippen molar-refractivity contribution < 1.29 is 8.42 Å². The molecule has 0 saturated carbocycles. The second-order valence-corrected chi connectivity index (χ2v) is 4.80. The highest BCUT2D eigenvalue weighted by Gasteiger charge is 2.17. The van der Waals surface area contributed by atoms with Crippen molar-refractivity contribution in [2.24, 2.45) is 0 Å². The van der Waals surface area contributed by atoms with Crippen LogP contribution in [0.25, 0.3) is 0 Å². The molecule has 6 heteroatoms. The van der Waals surface area contributed by atoms with Crippen LogP contribution in [0.4, 0.5) is 0 Å². The Hall–Kier alpha value is -0.290. The SMILES string of the molecule is Cc1cc(Cl)cc(Cl)c1S([NH])(=O)=O. The first kappa shape index (κ1) is 10.8. The number of rotatable bonds is 1. The van der Waals surface area contributed by atoms with Crippen LogP contribution < -0.4 is 5.14 Å². The number of nitrogens with one attached hydrogen (secondary N) is 1. The lowest BCUT2D eigenvalue weighted by atomic mass is 10.2. The fourth-order valence-electron chi connectivity index (χ4n) is 1.03. The molecule has 0 fully saturated rings. The number of hydrogen-bond donors (Lipinski definition) is 0. The van der Waals surface area contributed by atoms with Crippen LogP contribution in [0.2, 0.25) is 10.0 Å². The molecule has 3 nitrogen and oxygen atoms in total. The standard InChI is InChI=1S/C7H6Cl2NO2S/c1-4-2-5(8)3-6(9)7(4)13(10,11)12/h2-3,10H,1H3. The normalized spacial score (nSPS) is 11.7. The van der Waals surface area contributed by atoms with Gasteiger partial charge in [0.1, 0.15) is 4.90 Å². The zero-order valence-electron chi connectivity index (χ0n) is 6.64. The van der Waals surface area contributed by atoms with Gasteiger partial charge < -0.3 is 0 Å². The first-order valence-corrected chi connectivity index (χ1v) is 5.51. The molecule has 0 aliphatic heterocycles. The second kappa shape index (κ2) is 3.46. The predicted molar refractivity (Wildman–Crippen MR) is 51.5 cm³/mol. The largest absolute Gasteiger partial charge is 0.255 e. The Kier molecular flexibility index (Phi) is 2.87. The van der Waals surface area contributed by atoms with Crippen molar-refractivity contribution in [3.05, 3.63) is 27.7 Å². The lowest BCUT2D eigenvalue weighted by molar-refractivity contribution is 0.595. The molecule has 13 heavy (non-hydrogen) atoms. The first-order chi connectivity index (χ1) is 5.82. The number of hydrogen-bond acceptors (Lipinski definition) is 2. The van der Waals surface area contributed by atoms with Gasteiger partial charge in [-0.05, 0) is 24.6 Å². The number of sulfonamides is 1. The molecule has 1 N–H and O–H groups in total. The summed E-state index contributed by atoms with van der Waals surface area (Å²) in [4.78, 5) is -0.182. The first-order valence-electron chi connectivity index (χ1n) is 3.27. The molecule has 71 valence electrons. The number of aryl methyl sites for hydroxylation is 1. The lowest BCUT2D eigenvalue weighted by Gasteiger charge is -2.05. The third-order valence-electron chi connectivity index (χ3n) is 1.46. The molecular weight excluding hydrogens is 233 g/mol. The average molecular weight is 239 g/mol. The average Bonchev–Trinajstić information content (AvgIpc) is 1.78. The van der Waals surface area contributed by atoms with Crippen molar-refractivity contribution >= 4 is 33.2 Å². The molecule has 1 rings (SSSR count). The fraction of sp³-hybridized carbons (Fsp3) is 0.143. The summed E-state index contributed by atoms with van der Waals surface area (Å²) in [7, 11) is -4.02. The summed E-state index contributed by atoms with van der Waals surface area (Å²) in [5, 5.41) is 7.21. The molecule has 1 radical (unpaired) electrons. The van der Waals surface area contributed by atoms with Crippen molar-refractivity contribution in [1.29, 1.82) is 0 Å². The third-order valence-corrected chi connectivity index (χ3v) is 3.17. The van der Waals surface area contributed by atoms with E-state index in [-0.39, 0.29) is 9.92 Å². The third kappa shape index (κ3) is 2.34. The quantitative estimate of drug-likeness (QED) is 0.754. The smallest absolute Gasteiger partial charge is 0.206 e. The molecule has 0 aromatic heterocycles. The molecule has 1 aromatic carbocycles. The number of benzene rings is 1. The van der Waals surface area contributed by atoms with Gasteiger partial charge in [-0.15, -0.1) is 5.14 Å². The molecule has 0 amide bonds. The van der Waals surface area contributed by atoms with E-state index in [0.29, 0.717) is 10.6 Å². The van der Waals surface area contributed by atoms with Crippen molar-refractivity contribution in [2.45, 2.75) is 11.8 Å². The lowest BCUT2D eigenvalue weighted by Crippen LogP contribution is -2.04. The van der Waals surface area contributed by atoms with Crippen molar-refractivity contribution in [3.8, 4) is 0 Å². The molecule has 0 saturated heterocycles. The minimum atomic E-state index is -4.02. The minimum absolute atomic E-state index is 0.0139. The Morgan fingerprint density at radius 1 is 1.31 bits per heavy atom. The summed E-state index contributed by atoms with van der Waals surface area (Å²) < 4.78 is 21.8. The summed E-state index contributed by atoms with van der Waals surface area (Å²) in [6.45, 7) is 1.54. The zero-order valence-corrected chi connectivity index (χ0v) is 8.96. The van der Waals surface area contributed by atoms with Crippen LogP contribution >= 0.6 is 23.2 Å². The van der Waals surface area contributed by atoms with Crippen LogP contribution in [0, 0.1) is 6.92 Å². The number of halogens is 2. The molecule has 0 bridgehead atoms. The molecule has 0 atom stereocenters. The zero-order chi connectivity index (χ0) is 10.2. The molecule has 1 aromatic rings. The van der Waals surface area contributed by atoms with Crippen LogP contribution in [0.1, 0.15) is 5.56 Å². The summed E-state index contributed by atoms with van der Waals surface area (Å²) in [6.07, 6.45) is 0. The maximum Gasteiger partial charge on any atom is 0.255 e. The van der Waals surface area contributed by atoms with Gasteiger partial charge in [0.2, 0.25) is 0 Å². The van der Waals surface area contributed by atoms with Crippen LogP contribution in [0.15, 0.2) is 17.0 Å². The summed E-state index contributed by atoms with van der Waals surface area (Å²) in [6, 6.07) is 2.76. The van der Waals surface area contributed by atoms with Crippen LogP contribution in [0.3, 0.4) is 0 Å². The molecule has 0 heterocycles. The molecule has 0 spiro atoms. The van der Waals surface area contributed by atoms with Gasteiger partial charge in [0.05, 0.1) is 5.02 Å². The minimum Gasteiger partial charge on any atom is -0.206 e. The van der Waals surface area contributed by atoms with Gasteiger partial charge in [0.25, 0.3) is 10.0 Å². The van der Waals surface area contributed by atoms with E-state index in [1.807, 2.05) is 0 Å². The highest BCUT2D eigenvalue weighted by Crippen LogP contribution is 2.28. The fourth-order valence-corrected chi connectivity index (χ4v) is 2.73. The van der Waals surface area contributed by atoms with Gasteiger partial charge in [-0.2, -0.15) is 0 Å². The Bertz CT molecular complexity index is 419. The van der Waals surface area contributed by atoms with E-state index < -0.39 is 10.0 Å². The van der Waals surface area contributed by atoms with E-state index in [4.69, 9.17) is 28.3 Å². The van der Waals surface area contributed by atoms with E-state index in [1.54, 1.807) is 6.92 Å². The van der Waals surface area contributed by atoms with E-state index in [9.17, 15) is 8.42 Å². The Morgan fingerprint density at radius 3 is 2.23 bits per heavy atom. The maximum absolute atomic E-state index is 10.9. The monoisotopic (exact) mass is 238 g/mol. The van der Waals surface area contributed by atoms with E-state index in [2.05, 4.69) is 0 Å². The molecule has 0 aliphatic carbocycles. The topological polar surface area (TPSA) is 57.9 Å². The van der Waals surface area contributed by atoms with Crippen LogP contribution in [0.5, 0.6) is 0 Å². The van der Waals surface area contributed by atoms with E-state index >= 15 is 0 Å². The summed E-state index contributed by atoms with van der Waals surface area (Å²) >= 11 is 11.3. The van der Waals surface area contributed by atoms with Crippen LogP contribution in [-0.2, 0) is 10.0 Å². The predicted octanol–water partition coefficient (Wildman–Crippen LogP) is 2.27.